The van der Waals surface area contributed by atoms with Crippen molar-refractivity contribution in [1.82, 2.24) is 15.1 Å². The van der Waals surface area contributed by atoms with E-state index in [1.165, 1.54) is 0 Å². The Labute approximate surface area is 190 Å². The monoisotopic (exact) mass is 447 g/mol. The molecule has 1 N–H and O–H groups in total. The number of aromatic amines is 1. The molecule has 162 valence electrons. The van der Waals surface area contributed by atoms with Gasteiger partial charge in [-0.15, -0.1) is 0 Å². The summed E-state index contributed by atoms with van der Waals surface area (Å²) in [6.07, 6.45) is 2.54. The fourth-order valence-electron chi connectivity index (χ4n) is 4.10. The van der Waals surface area contributed by atoms with Gasteiger partial charge in [0.25, 0.3) is 5.91 Å². The van der Waals surface area contributed by atoms with Crippen LogP contribution in [0.5, 0.6) is 5.75 Å². The fraction of sp³-hybridized carbons (Fsp3) is 0.200. The van der Waals surface area contributed by atoms with Crippen LogP contribution in [0, 0.1) is 0 Å². The summed E-state index contributed by atoms with van der Waals surface area (Å²) in [7, 11) is 0. The van der Waals surface area contributed by atoms with E-state index < -0.39 is 0 Å². The van der Waals surface area contributed by atoms with Gasteiger partial charge in [-0.2, -0.15) is 5.10 Å². The molecule has 2 aromatic carbocycles. The number of benzene rings is 2. The highest BCUT2D eigenvalue weighted by molar-refractivity contribution is 6.30. The normalized spacial score (nSPS) is 15.2. The molecule has 2 aromatic heterocycles. The number of carbonyl (C=O) groups excluding carboxylic acids is 1. The number of aromatic nitrogens is 2. The maximum atomic E-state index is 13.4. The van der Waals surface area contributed by atoms with E-state index in [0.29, 0.717) is 29.6 Å². The molecule has 5 rings (SSSR count). The van der Waals surface area contributed by atoms with Gasteiger partial charge < -0.3 is 14.1 Å². The number of nitrogens with one attached hydrogen (secondary N) is 1. The summed E-state index contributed by atoms with van der Waals surface area (Å²) in [4.78, 5) is 15.2. The van der Waals surface area contributed by atoms with E-state index in [1.807, 2.05) is 60.7 Å². The van der Waals surface area contributed by atoms with Gasteiger partial charge in [-0.25, -0.2) is 0 Å². The number of furan rings is 1. The molecule has 1 aliphatic heterocycles. The molecular formula is C25H22ClN3O3. The largest absolute Gasteiger partial charge is 0.494 e. The fourth-order valence-corrected chi connectivity index (χ4v) is 4.22. The Hall–Kier alpha value is -3.51. The molecule has 32 heavy (non-hydrogen) atoms. The number of amides is 1. The van der Waals surface area contributed by atoms with Crippen LogP contribution >= 0.6 is 11.6 Å². The van der Waals surface area contributed by atoms with Crippen LogP contribution in [0.2, 0.25) is 5.02 Å². The maximum Gasteiger partial charge on any atom is 0.273 e. The lowest BCUT2D eigenvalue weighted by molar-refractivity contribution is 0.0716. The highest BCUT2D eigenvalue weighted by Gasteiger charge is 2.42. The van der Waals surface area contributed by atoms with Gasteiger partial charge in [0, 0.05) is 16.1 Å². The van der Waals surface area contributed by atoms with Crippen molar-refractivity contribution in [1.29, 1.82) is 0 Å². The van der Waals surface area contributed by atoms with Gasteiger partial charge in [0.2, 0.25) is 0 Å². The van der Waals surface area contributed by atoms with E-state index in [4.69, 9.17) is 20.8 Å². The molecule has 1 aliphatic rings. The Bertz CT molecular complexity index is 1230. The number of hydrogen-bond donors (Lipinski definition) is 1. The minimum Gasteiger partial charge on any atom is -0.494 e. The third kappa shape index (κ3) is 3.67. The van der Waals surface area contributed by atoms with E-state index in [9.17, 15) is 4.79 Å². The number of rotatable bonds is 7. The van der Waals surface area contributed by atoms with Gasteiger partial charge in [-0.1, -0.05) is 42.8 Å². The minimum absolute atomic E-state index is 0.117. The molecule has 7 heteroatoms. The van der Waals surface area contributed by atoms with Crippen molar-refractivity contribution < 1.29 is 13.9 Å². The van der Waals surface area contributed by atoms with Crippen molar-refractivity contribution in [2.45, 2.75) is 25.9 Å². The molecule has 0 fully saturated rings. The first-order valence-electron chi connectivity index (χ1n) is 10.6. The number of nitrogens with zero attached hydrogens (tertiary/aromatic N) is 2. The lowest BCUT2D eigenvalue weighted by Gasteiger charge is -2.26. The summed E-state index contributed by atoms with van der Waals surface area (Å²) < 4.78 is 11.4. The number of H-pyrrole nitrogens is 1. The summed E-state index contributed by atoms with van der Waals surface area (Å²) in [5.74, 6) is 1.38. The van der Waals surface area contributed by atoms with Crippen LogP contribution in [-0.2, 0) is 6.54 Å². The van der Waals surface area contributed by atoms with Gasteiger partial charge >= 0.3 is 0 Å². The highest BCUT2D eigenvalue weighted by atomic mass is 35.5. The molecule has 3 heterocycles. The van der Waals surface area contributed by atoms with Crippen molar-refractivity contribution in [2.75, 3.05) is 6.61 Å². The molecule has 1 amide bonds. The van der Waals surface area contributed by atoms with Crippen LogP contribution < -0.4 is 4.74 Å². The predicted octanol–water partition coefficient (Wildman–Crippen LogP) is 5.86. The standard InChI is InChI=1S/C25H22ClN3O3/c1-2-12-31-19-6-3-5-17(14-19)24-21-22(16-8-10-18(26)11-9-16)27-28-23(21)25(30)29(24)15-20-7-4-13-32-20/h3-11,13-14,24H,2,12,15H2,1H3,(H,27,28). The molecule has 0 aliphatic carbocycles. The van der Waals surface area contributed by atoms with E-state index in [1.54, 1.807) is 11.2 Å². The van der Waals surface area contributed by atoms with Crippen molar-refractivity contribution in [3.05, 3.63) is 94.5 Å². The van der Waals surface area contributed by atoms with Crippen molar-refractivity contribution in [3.63, 3.8) is 0 Å². The third-order valence-corrected chi connectivity index (χ3v) is 5.79. The SMILES string of the molecule is CCCOc1cccc(C2c3c(-c4ccc(Cl)cc4)n[nH]c3C(=O)N2Cc2ccco2)c1. The zero-order valence-corrected chi connectivity index (χ0v) is 18.3. The lowest BCUT2D eigenvalue weighted by atomic mass is 9.96. The first-order chi connectivity index (χ1) is 15.7. The van der Waals surface area contributed by atoms with Crippen LogP contribution in [0.3, 0.4) is 0 Å². The first kappa shape index (κ1) is 20.4. The van der Waals surface area contributed by atoms with Crippen molar-refractivity contribution in [3.8, 4) is 17.0 Å². The zero-order valence-electron chi connectivity index (χ0n) is 17.5. The first-order valence-corrected chi connectivity index (χ1v) is 10.9. The van der Waals surface area contributed by atoms with E-state index >= 15 is 0 Å². The third-order valence-electron chi connectivity index (χ3n) is 5.53. The van der Waals surface area contributed by atoms with Crippen molar-refractivity contribution in [2.24, 2.45) is 0 Å². The lowest BCUT2D eigenvalue weighted by Crippen LogP contribution is -2.29. The Morgan fingerprint density at radius 2 is 2.00 bits per heavy atom. The number of fused-ring (bicyclic) bond motifs is 1. The van der Waals surface area contributed by atoms with E-state index in [-0.39, 0.29) is 11.9 Å². The van der Waals surface area contributed by atoms with Crippen LogP contribution in [0.4, 0.5) is 0 Å². The second-order valence-electron chi connectivity index (χ2n) is 7.70. The predicted molar refractivity (Wildman–Crippen MR) is 122 cm³/mol. The molecule has 6 nitrogen and oxygen atoms in total. The van der Waals surface area contributed by atoms with Crippen LogP contribution in [0.15, 0.2) is 71.3 Å². The molecule has 4 aromatic rings. The molecule has 1 unspecified atom stereocenters. The molecule has 1 atom stereocenters. The van der Waals surface area contributed by atoms with Gasteiger partial charge in [0.1, 0.15) is 17.2 Å². The Kier molecular flexibility index (Phi) is 5.45. The van der Waals surface area contributed by atoms with Gasteiger partial charge in [-0.3, -0.25) is 9.89 Å². The van der Waals surface area contributed by atoms with E-state index in [2.05, 4.69) is 17.1 Å². The summed E-state index contributed by atoms with van der Waals surface area (Å²) in [6, 6.07) is 18.7. The summed E-state index contributed by atoms with van der Waals surface area (Å²) >= 11 is 6.08. The molecule has 0 bridgehead atoms. The van der Waals surface area contributed by atoms with Gasteiger partial charge in [0.15, 0.2) is 0 Å². The summed E-state index contributed by atoms with van der Waals surface area (Å²) in [5, 5.41) is 8.12. The Balaban J connectivity index is 1.62. The number of halogens is 1. The van der Waals surface area contributed by atoms with Gasteiger partial charge in [0.05, 0.1) is 31.2 Å². The van der Waals surface area contributed by atoms with Gasteiger partial charge in [-0.05, 0) is 48.4 Å². The second-order valence-corrected chi connectivity index (χ2v) is 8.14. The average molecular weight is 448 g/mol. The number of ether oxygens (including phenoxy) is 1. The minimum atomic E-state index is -0.336. The molecule has 0 saturated carbocycles. The Morgan fingerprint density at radius 1 is 1.16 bits per heavy atom. The quantitative estimate of drug-likeness (QED) is 0.385. The smallest absolute Gasteiger partial charge is 0.273 e. The molecule has 0 spiro atoms. The zero-order chi connectivity index (χ0) is 22.1. The molecule has 0 saturated heterocycles. The second kappa shape index (κ2) is 8.55. The molecule has 0 radical (unpaired) electrons. The average Bonchev–Trinajstić information content (AvgIpc) is 3.53. The van der Waals surface area contributed by atoms with Crippen molar-refractivity contribution >= 4 is 17.5 Å². The molecular weight excluding hydrogens is 426 g/mol. The summed E-state index contributed by atoms with van der Waals surface area (Å²) in [5.41, 5.74) is 3.91. The summed E-state index contributed by atoms with van der Waals surface area (Å²) in [6.45, 7) is 3.05. The number of hydrogen-bond acceptors (Lipinski definition) is 4. The van der Waals surface area contributed by atoms with Crippen LogP contribution in [0.1, 0.15) is 46.8 Å². The van der Waals surface area contributed by atoms with E-state index in [0.717, 1.165) is 34.6 Å². The Morgan fingerprint density at radius 3 is 2.75 bits per heavy atom. The van der Waals surface area contributed by atoms with Crippen LogP contribution in [-0.4, -0.2) is 27.6 Å². The maximum absolute atomic E-state index is 13.4. The number of carbonyl (C=O) groups is 1. The van der Waals surface area contributed by atoms with Crippen LogP contribution in [0.25, 0.3) is 11.3 Å². The highest BCUT2D eigenvalue weighted by Crippen LogP contribution is 2.44. The topological polar surface area (TPSA) is 71.4 Å².